The number of pyridine rings is 1. The molecular weight excluding hydrogens is 312 g/mol. The van der Waals surface area contributed by atoms with Gasteiger partial charge in [0.2, 0.25) is 0 Å². The van der Waals surface area contributed by atoms with Crippen LogP contribution >= 0.6 is 0 Å². The smallest absolute Gasteiger partial charge is 0.253 e. The number of carbonyl (C=O) groups is 1. The van der Waals surface area contributed by atoms with Crippen molar-refractivity contribution in [3.8, 4) is 0 Å². The van der Waals surface area contributed by atoms with Gasteiger partial charge in [-0.05, 0) is 36.6 Å². The minimum absolute atomic E-state index is 0.0669. The lowest BCUT2D eigenvalue weighted by molar-refractivity contribution is 0.0926. The molecule has 1 N–H and O–H groups in total. The average molecular weight is 338 g/mol. The van der Waals surface area contributed by atoms with Crippen LogP contribution in [0.2, 0.25) is 0 Å². The summed E-state index contributed by atoms with van der Waals surface area (Å²) >= 11 is 0. The zero-order valence-electron chi connectivity index (χ0n) is 15.2. The highest BCUT2D eigenvalue weighted by Gasteiger charge is 2.19. The van der Waals surface area contributed by atoms with E-state index >= 15 is 0 Å². The minimum Gasteiger partial charge on any atom is -0.363 e. The van der Waals surface area contributed by atoms with Crippen LogP contribution < -0.4 is 10.2 Å². The molecule has 0 bridgehead atoms. The van der Waals surface area contributed by atoms with Gasteiger partial charge < -0.3 is 10.2 Å². The molecule has 132 valence electrons. The molecule has 0 unspecified atom stereocenters. The van der Waals surface area contributed by atoms with E-state index < -0.39 is 0 Å². The molecule has 3 rings (SSSR count). The Bertz CT molecular complexity index is 727. The Hall–Kier alpha value is -2.40. The van der Waals surface area contributed by atoms with Crippen molar-refractivity contribution in [2.24, 2.45) is 0 Å². The second-order valence-corrected chi connectivity index (χ2v) is 6.93. The molecule has 1 amide bonds. The van der Waals surface area contributed by atoms with E-state index in [1.807, 2.05) is 31.1 Å². The Morgan fingerprint density at radius 2 is 2.00 bits per heavy atom. The number of hydrogen-bond donors (Lipinski definition) is 1. The number of aromatic nitrogens is 1. The largest absolute Gasteiger partial charge is 0.363 e. The first kappa shape index (κ1) is 17.4. The van der Waals surface area contributed by atoms with E-state index in [0.29, 0.717) is 5.56 Å². The highest BCUT2D eigenvalue weighted by molar-refractivity contribution is 5.94. The second kappa shape index (κ2) is 7.66. The van der Waals surface area contributed by atoms with Crippen LogP contribution in [0.3, 0.4) is 0 Å². The number of rotatable bonds is 5. The molecule has 5 heteroatoms. The van der Waals surface area contributed by atoms with E-state index in [1.54, 1.807) is 6.20 Å². The summed E-state index contributed by atoms with van der Waals surface area (Å²) in [6.45, 7) is 4.90. The zero-order valence-corrected chi connectivity index (χ0v) is 15.2. The molecule has 0 saturated carbocycles. The third-order valence-electron chi connectivity index (χ3n) is 4.59. The SMILES string of the molecule is C[C@H](CN1CCc2ccccc2C1)NC(=O)c1ccc(N(C)C)nc1. The first-order valence-electron chi connectivity index (χ1n) is 8.76. The van der Waals surface area contributed by atoms with Gasteiger partial charge >= 0.3 is 0 Å². The number of carbonyl (C=O) groups excluding carboxylic acids is 1. The monoisotopic (exact) mass is 338 g/mol. The molecule has 0 fully saturated rings. The van der Waals surface area contributed by atoms with Crippen LogP contribution in [-0.4, -0.2) is 49.0 Å². The normalized spacial score (nSPS) is 15.3. The fourth-order valence-corrected chi connectivity index (χ4v) is 3.23. The molecule has 1 atom stereocenters. The fourth-order valence-electron chi connectivity index (χ4n) is 3.23. The van der Waals surface area contributed by atoms with E-state index in [1.165, 1.54) is 11.1 Å². The molecule has 1 aliphatic heterocycles. The fraction of sp³-hybridized carbons (Fsp3) is 0.400. The Labute approximate surface area is 149 Å². The van der Waals surface area contributed by atoms with Crippen LogP contribution in [0, 0.1) is 0 Å². The molecule has 5 nitrogen and oxygen atoms in total. The minimum atomic E-state index is -0.0669. The van der Waals surface area contributed by atoms with Gasteiger partial charge in [0.25, 0.3) is 5.91 Å². The van der Waals surface area contributed by atoms with Gasteiger partial charge in [-0.2, -0.15) is 0 Å². The van der Waals surface area contributed by atoms with Crippen molar-refractivity contribution < 1.29 is 4.79 Å². The Morgan fingerprint density at radius 3 is 2.68 bits per heavy atom. The first-order valence-corrected chi connectivity index (χ1v) is 8.76. The Kier molecular flexibility index (Phi) is 5.34. The maximum atomic E-state index is 12.4. The standard InChI is InChI=1S/C20H26N4O/c1-15(13-24-11-10-16-6-4-5-7-18(16)14-24)22-20(25)17-8-9-19(21-12-17)23(2)3/h4-9,12,15H,10-11,13-14H2,1-3H3,(H,22,25)/t15-/m1/s1. The Balaban J connectivity index is 1.54. The highest BCUT2D eigenvalue weighted by Crippen LogP contribution is 2.18. The van der Waals surface area contributed by atoms with Crippen molar-refractivity contribution in [3.05, 3.63) is 59.3 Å². The predicted molar refractivity (Wildman–Crippen MR) is 101 cm³/mol. The van der Waals surface area contributed by atoms with Gasteiger partial charge in [0.1, 0.15) is 5.82 Å². The third kappa shape index (κ3) is 4.37. The zero-order chi connectivity index (χ0) is 17.8. The molecule has 25 heavy (non-hydrogen) atoms. The van der Waals surface area contributed by atoms with Crippen LogP contribution in [0.15, 0.2) is 42.6 Å². The molecule has 2 heterocycles. The summed E-state index contributed by atoms with van der Waals surface area (Å²) in [5, 5.41) is 3.08. The summed E-state index contributed by atoms with van der Waals surface area (Å²) in [6.07, 6.45) is 2.71. The van der Waals surface area contributed by atoms with Crippen LogP contribution in [0.1, 0.15) is 28.4 Å². The molecular formula is C20H26N4O. The number of benzene rings is 1. The summed E-state index contributed by atoms with van der Waals surface area (Å²) in [5.41, 5.74) is 3.44. The van der Waals surface area contributed by atoms with Crippen molar-refractivity contribution in [1.82, 2.24) is 15.2 Å². The molecule has 0 spiro atoms. The van der Waals surface area contributed by atoms with Crippen LogP contribution in [0.4, 0.5) is 5.82 Å². The predicted octanol–water partition coefficient (Wildman–Crippen LogP) is 2.32. The number of nitrogens with zero attached hydrogens (tertiary/aromatic N) is 3. The number of amides is 1. The van der Waals surface area contributed by atoms with Gasteiger partial charge in [-0.15, -0.1) is 0 Å². The van der Waals surface area contributed by atoms with Gasteiger partial charge in [0.15, 0.2) is 0 Å². The molecule has 1 aromatic heterocycles. The maximum Gasteiger partial charge on any atom is 0.253 e. The van der Waals surface area contributed by atoms with Crippen molar-refractivity contribution in [2.45, 2.75) is 25.9 Å². The lowest BCUT2D eigenvalue weighted by Crippen LogP contribution is -2.43. The van der Waals surface area contributed by atoms with Crippen molar-refractivity contribution >= 4 is 11.7 Å². The molecule has 0 radical (unpaired) electrons. The average Bonchev–Trinajstić information content (AvgIpc) is 2.61. The number of fused-ring (bicyclic) bond motifs is 1. The van der Waals surface area contributed by atoms with Gasteiger partial charge in [0.05, 0.1) is 5.56 Å². The summed E-state index contributed by atoms with van der Waals surface area (Å²) in [4.78, 5) is 21.0. The van der Waals surface area contributed by atoms with E-state index in [4.69, 9.17) is 0 Å². The lowest BCUT2D eigenvalue weighted by Gasteiger charge is -2.31. The van der Waals surface area contributed by atoms with Gasteiger partial charge in [-0.25, -0.2) is 4.98 Å². The summed E-state index contributed by atoms with van der Waals surface area (Å²) in [6, 6.07) is 12.4. The maximum absolute atomic E-state index is 12.4. The number of anilines is 1. The van der Waals surface area contributed by atoms with Crippen LogP contribution in [-0.2, 0) is 13.0 Å². The van der Waals surface area contributed by atoms with E-state index in [9.17, 15) is 4.79 Å². The summed E-state index contributed by atoms with van der Waals surface area (Å²) < 4.78 is 0. The van der Waals surface area contributed by atoms with Gasteiger partial charge in [0, 0.05) is 46.0 Å². The van der Waals surface area contributed by atoms with Crippen molar-refractivity contribution in [3.63, 3.8) is 0 Å². The summed E-state index contributed by atoms with van der Waals surface area (Å²) in [7, 11) is 3.86. The van der Waals surface area contributed by atoms with E-state index in [2.05, 4.69) is 46.4 Å². The molecule has 1 aliphatic rings. The molecule has 0 saturated heterocycles. The first-order chi connectivity index (χ1) is 12.0. The highest BCUT2D eigenvalue weighted by atomic mass is 16.1. The van der Waals surface area contributed by atoms with E-state index in [-0.39, 0.29) is 11.9 Å². The Morgan fingerprint density at radius 1 is 1.24 bits per heavy atom. The van der Waals surface area contributed by atoms with Crippen LogP contribution in [0.25, 0.3) is 0 Å². The van der Waals surface area contributed by atoms with E-state index in [0.717, 1.165) is 31.9 Å². The van der Waals surface area contributed by atoms with Crippen LogP contribution in [0.5, 0.6) is 0 Å². The van der Waals surface area contributed by atoms with Crippen molar-refractivity contribution in [2.75, 3.05) is 32.1 Å². The molecule has 2 aromatic rings. The number of hydrogen-bond acceptors (Lipinski definition) is 4. The second-order valence-electron chi connectivity index (χ2n) is 6.93. The van der Waals surface area contributed by atoms with Gasteiger partial charge in [-0.3, -0.25) is 9.69 Å². The molecule has 1 aromatic carbocycles. The quantitative estimate of drug-likeness (QED) is 0.909. The lowest BCUT2D eigenvalue weighted by atomic mass is 9.99. The number of nitrogens with one attached hydrogen (secondary N) is 1. The molecule has 0 aliphatic carbocycles. The van der Waals surface area contributed by atoms with Gasteiger partial charge in [-0.1, -0.05) is 24.3 Å². The topological polar surface area (TPSA) is 48.5 Å². The van der Waals surface area contributed by atoms with Crippen molar-refractivity contribution in [1.29, 1.82) is 0 Å². The third-order valence-corrected chi connectivity index (χ3v) is 4.59. The summed E-state index contributed by atoms with van der Waals surface area (Å²) in [5.74, 6) is 0.777.